The average Bonchev–Trinajstić information content (AvgIpc) is 2.92. The van der Waals surface area contributed by atoms with Gasteiger partial charge >= 0.3 is 0 Å². The summed E-state index contributed by atoms with van der Waals surface area (Å²) in [6, 6.07) is 0. The van der Waals surface area contributed by atoms with Crippen LogP contribution in [-0.4, -0.2) is 15.9 Å². The summed E-state index contributed by atoms with van der Waals surface area (Å²) >= 11 is 6.38. The zero-order valence-electron chi connectivity index (χ0n) is 10.7. The monoisotopic (exact) mass is 283 g/mol. The van der Waals surface area contributed by atoms with E-state index in [9.17, 15) is 4.79 Å². The lowest BCUT2D eigenvalue weighted by atomic mass is 9.93. The number of nitrogens with one attached hydrogen (secondary N) is 1. The topological polar surface area (TPSA) is 68.0 Å². The van der Waals surface area contributed by atoms with Crippen molar-refractivity contribution in [1.29, 1.82) is 0 Å². The van der Waals surface area contributed by atoms with Crippen molar-refractivity contribution >= 4 is 39.6 Å². The number of thiazole rings is 1. The Balaban J connectivity index is 2.09. The van der Waals surface area contributed by atoms with E-state index in [1.807, 2.05) is 5.38 Å². The maximum absolute atomic E-state index is 12.1. The van der Waals surface area contributed by atoms with Crippen molar-refractivity contribution in [2.45, 2.75) is 39.0 Å². The second-order valence-electron chi connectivity index (χ2n) is 5.69. The molecule has 3 N–H and O–H groups in total. The highest BCUT2D eigenvalue weighted by Crippen LogP contribution is 2.47. The van der Waals surface area contributed by atoms with Crippen LogP contribution in [0.15, 0.2) is 5.38 Å². The van der Waals surface area contributed by atoms with Crippen LogP contribution in [-0.2, 0) is 10.2 Å². The van der Waals surface area contributed by atoms with Crippen LogP contribution < -0.4 is 11.1 Å². The normalized spacial score (nSPS) is 17.3. The molecule has 0 radical (unpaired) electrons. The lowest BCUT2D eigenvalue weighted by Gasteiger charge is -2.14. The Bertz CT molecular complexity index is 498. The van der Waals surface area contributed by atoms with Crippen LogP contribution in [0.3, 0.4) is 0 Å². The van der Waals surface area contributed by atoms with E-state index in [4.69, 9.17) is 18.0 Å². The first-order valence-corrected chi connectivity index (χ1v) is 7.12. The number of rotatable bonds is 3. The van der Waals surface area contributed by atoms with E-state index in [1.165, 1.54) is 11.3 Å². The van der Waals surface area contributed by atoms with Gasteiger partial charge in [0.25, 0.3) is 0 Å². The minimum absolute atomic E-state index is 0.0140. The Hall–Kier alpha value is -1.01. The highest BCUT2D eigenvalue weighted by Gasteiger charge is 2.52. The lowest BCUT2D eigenvalue weighted by Crippen LogP contribution is -2.35. The van der Waals surface area contributed by atoms with Gasteiger partial charge in [-0.05, 0) is 12.8 Å². The fourth-order valence-electron chi connectivity index (χ4n) is 1.60. The smallest absolute Gasteiger partial charge is 0.239 e. The first-order valence-electron chi connectivity index (χ1n) is 5.83. The van der Waals surface area contributed by atoms with Crippen molar-refractivity contribution < 1.29 is 4.79 Å². The number of carbonyl (C=O) groups is 1. The van der Waals surface area contributed by atoms with Crippen LogP contribution in [0.4, 0.5) is 5.13 Å². The summed E-state index contributed by atoms with van der Waals surface area (Å²) < 4.78 is 0. The summed E-state index contributed by atoms with van der Waals surface area (Å²) in [5.41, 5.74) is 5.95. The average molecular weight is 283 g/mol. The summed E-state index contributed by atoms with van der Waals surface area (Å²) in [6.45, 7) is 6.27. The Morgan fingerprint density at radius 3 is 2.56 bits per heavy atom. The number of hydrogen-bond acceptors (Lipinski definition) is 4. The lowest BCUT2D eigenvalue weighted by molar-refractivity contribution is -0.118. The maximum Gasteiger partial charge on any atom is 0.239 e. The zero-order valence-corrected chi connectivity index (χ0v) is 12.4. The molecule has 1 heterocycles. The molecule has 1 amide bonds. The van der Waals surface area contributed by atoms with E-state index in [0.29, 0.717) is 5.13 Å². The van der Waals surface area contributed by atoms with E-state index < -0.39 is 5.41 Å². The molecule has 1 aromatic heterocycles. The molecule has 1 aliphatic carbocycles. The second-order valence-corrected chi connectivity index (χ2v) is 6.99. The van der Waals surface area contributed by atoms with Crippen molar-refractivity contribution in [2.75, 3.05) is 5.32 Å². The third-order valence-corrected chi connectivity index (χ3v) is 4.30. The zero-order chi connectivity index (χ0) is 13.6. The van der Waals surface area contributed by atoms with Crippen LogP contribution in [0.5, 0.6) is 0 Å². The van der Waals surface area contributed by atoms with Crippen molar-refractivity contribution in [2.24, 2.45) is 11.1 Å². The fourth-order valence-corrected chi connectivity index (χ4v) is 2.83. The Labute approximate surface area is 116 Å². The molecule has 98 valence electrons. The quantitative estimate of drug-likeness (QED) is 0.836. The van der Waals surface area contributed by atoms with Gasteiger partial charge in [0.15, 0.2) is 5.13 Å². The van der Waals surface area contributed by atoms with Gasteiger partial charge in [-0.1, -0.05) is 33.0 Å². The molecule has 1 fully saturated rings. The Morgan fingerprint density at radius 1 is 1.56 bits per heavy atom. The van der Waals surface area contributed by atoms with Gasteiger partial charge in [-0.2, -0.15) is 0 Å². The number of nitrogens with zero attached hydrogens (tertiary/aromatic N) is 1. The van der Waals surface area contributed by atoms with Crippen LogP contribution in [0.2, 0.25) is 0 Å². The van der Waals surface area contributed by atoms with E-state index in [0.717, 1.165) is 18.5 Å². The molecule has 6 heteroatoms. The van der Waals surface area contributed by atoms with E-state index in [1.54, 1.807) is 0 Å². The number of nitrogens with two attached hydrogens (primary N) is 1. The Kier molecular flexibility index (Phi) is 3.19. The minimum Gasteiger partial charge on any atom is -0.392 e. The van der Waals surface area contributed by atoms with Crippen molar-refractivity contribution in [3.05, 3.63) is 11.1 Å². The van der Waals surface area contributed by atoms with Gasteiger partial charge in [-0.3, -0.25) is 4.79 Å². The van der Waals surface area contributed by atoms with Crippen molar-refractivity contribution in [3.8, 4) is 0 Å². The second kappa shape index (κ2) is 4.28. The maximum atomic E-state index is 12.1. The molecule has 0 atom stereocenters. The molecule has 1 aliphatic rings. The van der Waals surface area contributed by atoms with Gasteiger partial charge in [0.05, 0.1) is 16.1 Å². The predicted octanol–water partition coefficient (Wildman–Crippen LogP) is 2.45. The highest BCUT2D eigenvalue weighted by atomic mass is 32.1. The molecular weight excluding hydrogens is 266 g/mol. The highest BCUT2D eigenvalue weighted by molar-refractivity contribution is 7.80. The van der Waals surface area contributed by atoms with E-state index in [-0.39, 0.29) is 16.3 Å². The van der Waals surface area contributed by atoms with Crippen LogP contribution in [0, 0.1) is 5.41 Å². The molecule has 18 heavy (non-hydrogen) atoms. The molecule has 2 rings (SSSR count). The number of amides is 1. The fraction of sp³-hybridized carbons (Fsp3) is 0.583. The van der Waals surface area contributed by atoms with Gasteiger partial charge < -0.3 is 11.1 Å². The largest absolute Gasteiger partial charge is 0.392 e. The molecule has 4 nitrogen and oxygen atoms in total. The molecule has 0 aliphatic heterocycles. The number of anilines is 1. The minimum atomic E-state index is -0.622. The van der Waals surface area contributed by atoms with Crippen LogP contribution >= 0.6 is 23.6 Å². The summed E-state index contributed by atoms with van der Waals surface area (Å²) in [5.74, 6) is -0.121. The molecule has 0 aromatic carbocycles. The molecule has 0 unspecified atom stereocenters. The number of hydrogen-bond donors (Lipinski definition) is 2. The standard InChI is InChI=1S/C12H17N3OS2/c1-11(2,3)7-6-18-10(14-7)15-9(16)12(4-5-12)8(13)17/h6H,4-5H2,1-3H3,(H2,13,17)(H,14,15,16). The van der Waals surface area contributed by atoms with Gasteiger partial charge in [-0.15, -0.1) is 11.3 Å². The number of carbonyl (C=O) groups excluding carboxylic acids is 1. The Morgan fingerprint density at radius 2 is 2.17 bits per heavy atom. The van der Waals surface area contributed by atoms with Gasteiger partial charge in [0, 0.05) is 10.8 Å². The third-order valence-electron chi connectivity index (χ3n) is 3.15. The first kappa shape index (κ1) is 13.4. The SMILES string of the molecule is CC(C)(C)c1csc(NC(=O)C2(C(N)=S)CC2)n1. The third kappa shape index (κ3) is 2.40. The number of thiocarbonyl (C=S) groups is 1. The summed E-state index contributed by atoms with van der Waals surface area (Å²) in [7, 11) is 0. The van der Waals surface area contributed by atoms with E-state index in [2.05, 4.69) is 31.1 Å². The molecule has 1 aromatic rings. The molecular formula is C12H17N3OS2. The van der Waals surface area contributed by atoms with Crippen LogP contribution in [0.1, 0.15) is 39.3 Å². The first-order chi connectivity index (χ1) is 8.25. The molecule has 0 bridgehead atoms. The molecule has 0 spiro atoms. The summed E-state index contributed by atoms with van der Waals surface area (Å²) in [5, 5.41) is 5.41. The van der Waals surface area contributed by atoms with Gasteiger partial charge in [0.1, 0.15) is 0 Å². The number of aromatic nitrogens is 1. The van der Waals surface area contributed by atoms with Crippen LogP contribution in [0.25, 0.3) is 0 Å². The predicted molar refractivity (Wildman–Crippen MR) is 77.9 cm³/mol. The molecule has 0 saturated heterocycles. The summed E-state index contributed by atoms with van der Waals surface area (Å²) in [6.07, 6.45) is 1.48. The molecule has 1 saturated carbocycles. The van der Waals surface area contributed by atoms with Gasteiger partial charge in [0.2, 0.25) is 5.91 Å². The van der Waals surface area contributed by atoms with Crippen molar-refractivity contribution in [3.63, 3.8) is 0 Å². The van der Waals surface area contributed by atoms with Crippen molar-refractivity contribution in [1.82, 2.24) is 4.98 Å². The summed E-state index contributed by atoms with van der Waals surface area (Å²) in [4.78, 5) is 16.8. The van der Waals surface area contributed by atoms with Gasteiger partial charge in [-0.25, -0.2) is 4.98 Å². The van der Waals surface area contributed by atoms with E-state index >= 15 is 0 Å².